The highest BCUT2D eigenvalue weighted by Crippen LogP contribution is 2.23. The van der Waals surface area contributed by atoms with Crippen molar-refractivity contribution in [2.24, 2.45) is 0 Å². The van der Waals surface area contributed by atoms with Crippen LogP contribution in [-0.4, -0.2) is 32.2 Å². The normalized spacial score (nSPS) is 11.6. The summed E-state index contributed by atoms with van der Waals surface area (Å²) < 4.78 is 38.9. The highest BCUT2D eigenvalue weighted by Gasteiger charge is 2.20. The molecule has 8 heteroatoms. The third-order valence-electron chi connectivity index (χ3n) is 3.94. The molecule has 0 saturated heterocycles. The zero-order chi connectivity index (χ0) is 19.3. The Labute approximate surface area is 157 Å². The lowest BCUT2D eigenvalue weighted by Gasteiger charge is -2.17. The molecule has 2 aromatic rings. The number of benzene rings is 2. The van der Waals surface area contributed by atoms with Crippen molar-refractivity contribution in [1.82, 2.24) is 4.31 Å². The van der Waals surface area contributed by atoms with Crippen LogP contribution in [0.4, 0.5) is 10.1 Å². The summed E-state index contributed by atoms with van der Waals surface area (Å²) in [6, 6.07) is 9.87. The quantitative estimate of drug-likeness (QED) is 0.770. The Kier molecular flexibility index (Phi) is 6.75. The van der Waals surface area contributed by atoms with E-state index in [1.165, 1.54) is 19.2 Å². The van der Waals surface area contributed by atoms with Crippen LogP contribution in [0.1, 0.15) is 18.4 Å². The maximum absolute atomic E-state index is 12.9. The van der Waals surface area contributed by atoms with E-state index in [1.54, 1.807) is 25.1 Å². The minimum atomic E-state index is -3.71. The van der Waals surface area contributed by atoms with Crippen molar-refractivity contribution in [2.45, 2.75) is 24.7 Å². The summed E-state index contributed by atoms with van der Waals surface area (Å²) in [6.45, 7) is 1.97. The topological polar surface area (TPSA) is 66.5 Å². The predicted octanol–water partition coefficient (Wildman–Crippen LogP) is 3.83. The van der Waals surface area contributed by atoms with Gasteiger partial charge in [-0.25, -0.2) is 17.1 Å². The van der Waals surface area contributed by atoms with Gasteiger partial charge < -0.3 is 5.32 Å². The maximum Gasteiger partial charge on any atom is 0.242 e. The van der Waals surface area contributed by atoms with Crippen LogP contribution in [0.5, 0.6) is 0 Å². The Morgan fingerprint density at radius 2 is 1.85 bits per heavy atom. The van der Waals surface area contributed by atoms with Gasteiger partial charge in [-0.15, -0.1) is 0 Å². The van der Waals surface area contributed by atoms with Gasteiger partial charge >= 0.3 is 0 Å². The third kappa shape index (κ3) is 5.03. The van der Waals surface area contributed by atoms with Crippen LogP contribution < -0.4 is 5.32 Å². The molecule has 5 nitrogen and oxygen atoms in total. The molecule has 140 valence electrons. The number of halogens is 2. The first-order valence-electron chi connectivity index (χ1n) is 7.98. The number of carbonyl (C=O) groups excluding carboxylic acids is 1. The van der Waals surface area contributed by atoms with Crippen molar-refractivity contribution >= 4 is 33.2 Å². The molecule has 1 amide bonds. The van der Waals surface area contributed by atoms with Crippen LogP contribution >= 0.6 is 11.6 Å². The van der Waals surface area contributed by atoms with Crippen molar-refractivity contribution < 1.29 is 17.6 Å². The van der Waals surface area contributed by atoms with Crippen LogP contribution in [0.2, 0.25) is 5.02 Å². The molecule has 2 rings (SSSR count). The number of sulfonamides is 1. The lowest BCUT2D eigenvalue weighted by Crippen LogP contribution is -2.28. The number of hydrogen-bond donors (Lipinski definition) is 1. The van der Waals surface area contributed by atoms with Crippen molar-refractivity contribution in [3.05, 3.63) is 58.9 Å². The number of hydrogen-bond acceptors (Lipinski definition) is 3. The molecular formula is C18H20ClFN2O3S. The van der Waals surface area contributed by atoms with Crippen molar-refractivity contribution in [3.63, 3.8) is 0 Å². The van der Waals surface area contributed by atoms with Gasteiger partial charge in [-0.05, 0) is 55.3 Å². The summed E-state index contributed by atoms with van der Waals surface area (Å²) in [5.41, 5.74) is 1.41. The third-order valence-corrected chi connectivity index (χ3v) is 6.22. The Hall–Kier alpha value is -1.96. The summed E-state index contributed by atoms with van der Waals surface area (Å²) in [5.74, 6) is -0.720. The molecule has 0 fully saturated rings. The number of carbonyl (C=O) groups is 1. The van der Waals surface area contributed by atoms with E-state index in [0.29, 0.717) is 17.1 Å². The average molecular weight is 399 g/mol. The molecule has 0 spiro atoms. The highest BCUT2D eigenvalue weighted by molar-refractivity contribution is 7.89. The fourth-order valence-corrected chi connectivity index (χ4v) is 3.71. The number of nitrogens with zero attached hydrogens (tertiary/aromatic N) is 1. The molecule has 0 heterocycles. The van der Waals surface area contributed by atoms with Gasteiger partial charge in [0.1, 0.15) is 5.82 Å². The highest BCUT2D eigenvalue weighted by atomic mass is 35.5. The second kappa shape index (κ2) is 8.62. The first kappa shape index (κ1) is 20.4. The molecule has 0 aromatic heterocycles. The van der Waals surface area contributed by atoms with E-state index in [0.717, 1.165) is 22.0 Å². The average Bonchev–Trinajstić information content (AvgIpc) is 2.59. The Morgan fingerprint density at radius 3 is 2.50 bits per heavy atom. The first-order valence-corrected chi connectivity index (χ1v) is 9.80. The SMILES string of the molecule is Cc1c(Cl)cccc1NC(=O)CCCN(C)S(=O)(=O)c1ccc(F)cc1. The molecule has 0 atom stereocenters. The number of anilines is 1. The van der Waals surface area contributed by atoms with E-state index in [1.807, 2.05) is 0 Å². The molecule has 1 N–H and O–H groups in total. The minimum Gasteiger partial charge on any atom is -0.326 e. The van der Waals surface area contributed by atoms with Crippen LogP contribution in [0.25, 0.3) is 0 Å². The molecule has 0 radical (unpaired) electrons. The summed E-state index contributed by atoms with van der Waals surface area (Å²) in [6.07, 6.45) is 0.512. The fourth-order valence-electron chi connectivity index (χ4n) is 2.32. The molecule has 0 aliphatic carbocycles. The number of nitrogens with one attached hydrogen (secondary N) is 1. The molecule has 0 unspecified atom stereocenters. The van der Waals surface area contributed by atoms with Gasteiger partial charge in [0.05, 0.1) is 4.90 Å². The van der Waals surface area contributed by atoms with Gasteiger partial charge in [0.2, 0.25) is 15.9 Å². The van der Waals surface area contributed by atoms with E-state index in [4.69, 9.17) is 11.6 Å². The largest absolute Gasteiger partial charge is 0.326 e. The molecular weight excluding hydrogens is 379 g/mol. The number of rotatable bonds is 7. The standard InChI is InChI=1S/C18H20ClFN2O3S/c1-13-16(19)5-3-6-17(13)21-18(23)7-4-12-22(2)26(24,25)15-10-8-14(20)9-11-15/h3,5-6,8-11H,4,7,12H2,1-2H3,(H,21,23). The van der Waals surface area contributed by atoms with Gasteiger partial charge in [-0.2, -0.15) is 0 Å². The van der Waals surface area contributed by atoms with Crippen LogP contribution in [0, 0.1) is 12.7 Å². The molecule has 26 heavy (non-hydrogen) atoms. The van der Waals surface area contributed by atoms with Crippen LogP contribution in [-0.2, 0) is 14.8 Å². The van der Waals surface area contributed by atoms with Gasteiger partial charge in [0.15, 0.2) is 0 Å². The van der Waals surface area contributed by atoms with E-state index in [9.17, 15) is 17.6 Å². The Bertz CT molecular complexity index is 886. The smallest absolute Gasteiger partial charge is 0.242 e. The van der Waals surface area contributed by atoms with Crippen molar-refractivity contribution in [1.29, 1.82) is 0 Å². The maximum atomic E-state index is 12.9. The monoisotopic (exact) mass is 398 g/mol. The van der Waals surface area contributed by atoms with E-state index in [2.05, 4.69) is 5.32 Å². The molecule has 0 aliphatic heterocycles. The molecule has 0 bridgehead atoms. The van der Waals surface area contributed by atoms with Gasteiger partial charge in [0.25, 0.3) is 0 Å². The fraction of sp³-hybridized carbons (Fsp3) is 0.278. The van der Waals surface area contributed by atoms with Gasteiger partial charge in [-0.1, -0.05) is 17.7 Å². The predicted molar refractivity (Wildman–Crippen MR) is 100 cm³/mol. The van der Waals surface area contributed by atoms with Gasteiger partial charge in [0, 0.05) is 30.7 Å². The van der Waals surface area contributed by atoms with Crippen molar-refractivity contribution in [2.75, 3.05) is 18.9 Å². The van der Waals surface area contributed by atoms with E-state index < -0.39 is 15.8 Å². The Morgan fingerprint density at radius 1 is 1.19 bits per heavy atom. The zero-order valence-electron chi connectivity index (χ0n) is 14.5. The van der Waals surface area contributed by atoms with Crippen molar-refractivity contribution in [3.8, 4) is 0 Å². The summed E-state index contributed by atoms with van der Waals surface area (Å²) in [4.78, 5) is 12.1. The summed E-state index contributed by atoms with van der Waals surface area (Å²) >= 11 is 6.01. The molecule has 0 aliphatic rings. The summed E-state index contributed by atoms with van der Waals surface area (Å²) in [5, 5.41) is 3.33. The summed E-state index contributed by atoms with van der Waals surface area (Å²) in [7, 11) is -2.28. The second-order valence-electron chi connectivity index (χ2n) is 5.84. The van der Waals surface area contributed by atoms with E-state index >= 15 is 0 Å². The van der Waals surface area contributed by atoms with Crippen LogP contribution in [0.3, 0.4) is 0 Å². The lowest BCUT2D eigenvalue weighted by molar-refractivity contribution is -0.116. The zero-order valence-corrected chi connectivity index (χ0v) is 16.1. The first-order chi connectivity index (χ1) is 12.2. The molecule has 2 aromatic carbocycles. The second-order valence-corrected chi connectivity index (χ2v) is 8.30. The van der Waals surface area contributed by atoms with Crippen LogP contribution in [0.15, 0.2) is 47.4 Å². The Balaban J connectivity index is 1.89. The number of amides is 1. The van der Waals surface area contributed by atoms with Gasteiger partial charge in [-0.3, -0.25) is 4.79 Å². The molecule has 0 saturated carbocycles. The lowest BCUT2D eigenvalue weighted by atomic mass is 10.2. The van der Waals surface area contributed by atoms with E-state index in [-0.39, 0.29) is 23.8 Å². The minimum absolute atomic E-state index is 0.0143.